The molecule has 2 rings (SSSR count). The Morgan fingerprint density at radius 3 is 2.29 bits per heavy atom. The Kier molecular flexibility index (Phi) is 5.55. The van der Waals surface area contributed by atoms with E-state index >= 15 is 0 Å². The van der Waals surface area contributed by atoms with Crippen LogP contribution in [-0.2, 0) is 0 Å². The number of hydrogen-bond acceptors (Lipinski definition) is 1. The van der Waals surface area contributed by atoms with Gasteiger partial charge in [0.25, 0.3) is 0 Å². The van der Waals surface area contributed by atoms with Crippen LogP contribution in [0.4, 0.5) is 5.69 Å². The van der Waals surface area contributed by atoms with E-state index in [-0.39, 0.29) is 6.04 Å². The lowest BCUT2D eigenvalue weighted by Gasteiger charge is -2.18. The standard InChI is InChI=1S/C18H21Cl2N/c1-4-12(2)14-5-8-16(9-6-14)21-13(3)17-11-15(19)7-10-18(17)20/h5-13,21H,4H2,1-3H3. The number of hydrogen-bond donors (Lipinski definition) is 1. The summed E-state index contributed by atoms with van der Waals surface area (Å²) in [4.78, 5) is 0. The zero-order valence-corrected chi connectivity index (χ0v) is 14.2. The summed E-state index contributed by atoms with van der Waals surface area (Å²) in [5, 5.41) is 4.90. The summed E-state index contributed by atoms with van der Waals surface area (Å²) in [6.45, 7) is 6.54. The van der Waals surface area contributed by atoms with Crippen molar-refractivity contribution in [3.8, 4) is 0 Å². The minimum absolute atomic E-state index is 0.102. The lowest BCUT2D eigenvalue weighted by molar-refractivity contribution is 0.733. The van der Waals surface area contributed by atoms with Crippen molar-refractivity contribution in [1.29, 1.82) is 0 Å². The van der Waals surface area contributed by atoms with E-state index in [2.05, 4.69) is 50.4 Å². The van der Waals surface area contributed by atoms with E-state index in [9.17, 15) is 0 Å². The molecule has 0 aliphatic carbocycles. The van der Waals surface area contributed by atoms with Crippen molar-refractivity contribution in [2.75, 3.05) is 5.32 Å². The Bertz CT molecular complexity index is 593. The van der Waals surface area contributed by atoms with Crippen molar-refractivity contribution < 1.29 is 0 Å². The second kappa shape index (κ2) is 7.20. The lowest BCUT2D eigenvalue weighted by Crippen LogP contribution is -2.07. The van der Waals surface area contributed by atoms with Gasteiger partial charge in [0.15, 0.2) is 0 Å². The maximum Gasteiger partial charge on any atom is 0.0500 e. The molecule has 0 radical (unpaired) electrons. The first-order valence-corrected chi connectivity index (χ1v) is 8.08. The average molecular weight is 322 g/mol. The van der Waals surface area contributed by atoms with Crippen LogP contribution in [0.3, 0.4) is 0 Å². The third-order valence-corrected chi connectivity index (χ3v) is 4.48. The van der Waals surface area contributed by atoms with Crippen molar-refractivity contribution in [1.82, 2.24) is 0 Å². The highest BCUT2D eigenvalue weighted by Gasteiger charge is 2.10. The molecule has 1 nitrogen and oxygen atoms in total. The normalized spacial score (nSPS) is 13.8. The highest BCUT2D eigenvalue weighted by molar-refractivity contribution is 6.33. The summed E-state index contributed by atoms with van der Waals surface area (Å²) >= 11 is 12.3. The van der Waals surface area contributed by atoms with E-state index in [1.54, 1.807) is 6.07 Å². The summed E-state index contributed by atoms with van der Waals surface area (Å²) in [6.07, 6.45) is 1.15. The monoisotopic (exact) mass is 321 g/mol. The number of halogens is 2. The van der Waals surface area contributed by atoms with E-state index in [1.165, 1.54) is 5.56 Å². The minimum Gasteiger partial charge on any atom is -0.378 e. The van der Waals surface area contributed by atoms with Gasteiger partial charge in [-0.15, -0.1) is 0 Å². The molecule has 21 heavy (non-hydrogen) atoms. The molecule has 2 aromatic rings. The molecule has 3 heteroatoms. The van der Waals surface area contributed by atoms with Crippen molar-refractivity contribution in [3.05, 3.63) is 63.6 Å². The molecule has 0 amide bonds. The smallest absolute Gasteiger partial charge is 0.0500 e. The maximum atomic E-state index is 6.24. The number of benzene rings is 2. The molecule has 0 spiro atoms. The van der Waals surface area contributed by atoms with E-state index in [0.717, 1.165) is 22.7 Å². The van der Waals surface area contributed by atoms with Crippen LogP contribution < -0.4 is 5.32 Å². The third kappa shape index (κ3) is 4.15. The molecule has 0 aromatic heterocycles. The molecule has 2 aromatic carbocycles. The molecular weight excluding hydrogens is 301 g/mol. The lowest BCUT2D eigenvalue weighted by atomic mass is 9.98. The predicted molar refractivity (Wildman–Crippen MR) is 93.6 cm³/mol. The van der Waals surface area contributed by atoms with Crippen molar-refractivity contribution in [2.45, 2.75) is 39.2 Å². The van der Waals surface area contributed by atoms with Crippen LogP contribution in [0.1, 0.15) is 50.3 Å². The van der Waals surface area contributed by atoms with Crippen LogP contribution >= 0.6 is 23.2 Å². The number of anilines is 1. The molecule has 0 fully saturated rings. The molecule has 0 bridgehead atoms. The van der Waals surface area contributed by atoms with Gasteiger partial charge in [-0.25, -0.2) is 0 Å². The first kappa shape index (κ1) is 16.2. The maximum absolute atomic E-state index is 6.24. The second-order valence-electron chi connectivity index (χ2n) is 5.46. The first-order chi connectivity index (χ1) is 10.0. The molecule has 0 heterocycles. The van der Waals surface area contributed by atoms with Gasteiger partial charge in [0.2, 0.25) is 0 Å². The highest BCUT2D eigenvalue weighted by Crippen LogP contribution is 2.29. The van der Waals surface area contributed by atoms with Gasteiger partial charge < -0.3 is 5.32 Å². The fourth-order valence-corrected chi connectivity index (χ4v) is 2.78. The molecule has 1 N–H and O–H groups in total. The summed E-state index contributed by atoms with van der Waals surface area (Å²) in [5.41, 5.74) is 3.47. The van der Waals surface area contributed by atoms with Crippen LogP contribution in [0.15, 0.2) is 42.5 Å². The van der Waals surface area contributed by atoms with E-state index in [0.29, 0.717) is 10.9 Å². The van der Waals surface area contributed by atoms with Gasteiger partial charge in [-0.1, -0.05) is 49.2 Å². The molecule has 0 aliphatic heterocycles. The highest BCUT2D eigenvalue weighted by atomic mass is 35.5. The van der Waals surface area contributed by atoms with Crippen LogP contribution in [0.2, 0.25) is 10.0 Å². The van der Waals surface area contributed by atoms with Crippen LogP contribution in [0, 0.1) is 0 Å². The van der Waals surface area contributed by atoms with Gasteiger partial charge in [-0.2, -0.15) is 0 Å². The fourth-order valence-electron chi connectivity index (χ4n) is 2.32. The van der Waals surface area contributed by atoms with Gasteiger partial charge in [0.05, 0.1) is 6.04 Å². The largest absolute Gasteiger partial charge is 0.378 e. The van der Waals surface area contributed by atoms with Crippen LogP contribution in [0.25, 0.3) is 0 Å². The minimum atomic E-state index is 0.102. The van der Waals surface area contributed by atoms with Gasteiger partial charge in [0.1, 0.15) is 0 Å². The summed E-state index contributed by atoms with van der Waals surface area (Å²) in [7, 11) is 0. The SMILES string of the molecule is CCC(C)c1ccc(NC(C)c2cc(Cl)ccc2Cl)cc1. The average Bonchev–Trinajstić information content (AvgIpc) is 2.49. The zero-order chi connectivity index (χ0) is 15.4. The molecule has 2 atom stereocenters. The van der Waals surface area contributed by atoms with Crippen molar-refractivity contribution >= 4 is 28.9 Å². The van der Waals surface area contributed by atoms with Crippen molar-refractivity contribution in [2.24, 2.45) is 0 Å². The van der Waals surface area contributed by atoms with Gasteiger partial charge in [0, 0.05) is 15.7 Å². The summed E-state index contributed by atoms with van der Waals surface area (Å²) in [6, 6.07) is 14.3. The van der Waals surface area contributed by atoms with E-state index < -0.39 is 0 Å². The molecule has 0 aliphatic rings. The topological polar surface area (TPSA) is 12.0 Å². The Morgan fingerprint density at radius 1 is 1.00 bits per heavy atom. The predicted octanol–water partition coefficient (Wildman–Crippen LogP) is 6.68. The first-order valence-electron chi connectivity index (χ1n) is 7.32. The Hall–Kier alpha value is -1.18. The Labute approximate surface area is 137 Å². The zero-order valence-electron chi connectivity index (χ0n) is 12.7. The van der Waals surface area contributed by atoms with Crippen molar-refractivity contribution in [3.63, 3.8) is 0 Å². The quantitative estimate of drug-likeness (QED) is 0.647. The van der Waals surface area contributed by atoms with Crippen LogP contribution in [0.5, 0.6) is 0 Å². The van der Waals surface area contributed by atoms with E-state index in [1.807, 2.05) is 12.1 Å². The number of nitrogens with one attached hydrogen (secondary N) is 1. The third-order valence-electron chi connectivity index (χ3n) is 3.90. The molecule has 2 unspecified atom stereocenters. The Balaban J connectivity index is 2.12. The van der Waals surface area contributed by atoms with Gasteiger partial charge >= 0.3 is 0 Å². The molecule has 0 saturated heterocycles. The molecular formula is C18H21Cl2N. The fraction of sp³-hybridized carbons (Fsp3) is 0.333. The number of rotatable bonds is 5. The molecule has 112 valence electrons. The second-order valence-corrected chi connectivity index (χ2v) is 6.31. The summed E-state index contributed by atoms with van der Waals surface area (Å²) in [5.74, 6) is 0.596. The summed E-state index contributed by atoms with van der Waals surface area (Å²) < 4.78 is 0. The molecule has 0 saturated carbocycles. The Morgan fingerprint density at radius 2 is 1.67 bits per heavy atom. The van der Waals surface area contributed by atoms with Gasteiger partial charge in [-0.3, -0.25) is 0 Å². The van der Waals surface area contributed by atoms with Crippen LogP contribution in [-0.4, -0.2) is 0 Å². The van der Waals surface area contributed by atoms with Gasteiger partial charge in [-0.05, 0) is 60.7 Å². The van der Waals surface area contributed by atoms with E-state index in [4.69, 9.17) is 23.2 Å².